The third-order valence-corrected chi connectivity index (χ3v) is 7.16. The molecule has 196 valence electrons. The lowest BCUT2D eigenvalue weighted by molar-refractivity contribution is 0.288. The molecule has 0 aliphatic heterocycles. The third kappa shape index (κ3) is 11.6. The van der Waals surface area contributed by atoms with E-state index in [0.29, 0.717) is 17.7 Å². The predicted octanol–water partition coefficient (Wildman–Crippen LogP) is 10.7. The van der Waals surface area contributed by atoms with E-state index in [2.05, 4.69) is 20.8 Å². The van der Waals surface area contributed by atoms with Gasteiger partial charge in [0.2, 0.25) is 0 Å². The second-order valence-electron chi connectivity index (χ2n) is 10.2. The fourth-order valence-corrected chi connectivity index (χ4v) is 4.51. The van der Waals surface area contributed by atoms with Crippen LogP contribution in [0.25, 0.3) is 11.1 Å². The van der Waals surface area contributed by atoms with Gasteiger partial charge in [-0.05, 0) is 60.1 Å². The van der Waals surface area contributed by atoms with Crippen LogP contribution < -0.4 is 4.74 Å². The summed E-state index contributed by atoms with van der Waals surface area (Å²) in [4.78, 5) is 0. The van der Waals surface area contributed by atoms with Crippen LogP contribution >= 0.6 is 0 Å². The van der Waals surface area contributed by atoms with Crippen molar-refractivity contribution in [3.63, 3.8) is 0 Å². The molecule has 2 rings (SSSR count). The quantitative estimate of drug-likeness (QED) is 0.179. The summed E-state index contributed by atoms with van der Waals surface area (Å²) in [5.41, 5.74) is 2.14. The summed E-state index contributed by atoms with van der Waals surface area (Å²) >= 11 is 0. The van der Waals surface area contributed by atoms with Crippen LogP contribution in [0.5, 0.6) is 5.75 Å². The molecule has 0 bridgehead atoms. The minimum atomic E-state index is -0.388. The Morgan fingerprint density at radius 3 is 1.91 bits per heavy atom. The fraction of sp³-hybridized carbons (Fsp3) is 0.625. The molecule has 3 heteroatoms. The van der Waals surface area contributed by atoms with E-state index in [0.717, 1.165) is 43.6 Å². The van der Waals surface area contributed by atoms with Gasteiger partial charge in [-0.1, -0.05) is 116 Å². The maximum atomic E-state index is 14.7. The smallest absolute Gasteiger partial charge is 0.165 e. The lowest BCUT2D eigenvalue weighted by atomic mass is 9.99. The van der Waals surface area contributed by atoms with E-state index in [9.17, 15) is 8.78 Å². The Morgan fingerprint density at radius 2 is 1.29 bits per heavy atom. The average Bonchev–Trinajstić information content (AvgIpc) is 2.86. The zero-order valence-corrected chi connectivity index (χ0v) is 22.5. The van der Waals surface area contributed by atoms with Gasteiger partial charge >= 0.3 is 0 Å². The first-order chi connectivity index (χ1) is 17.0. The Kier molecular flexibility index (Phi) is 14.7. The summed E-state index contributed by atoms with van der Waals surface area (Å²) < 4.78 is 34.9. The van der Waals surface area contributed by atoms with Gasteiger partial charge < -0.3 is 4.74 Å². The molecule has 0 N–H and O–H groups in total. The molecule has 0 fully saturated rings. The normalized spacial score (nSPS) is 12.1. The molecule has 0 saturated carbocycles. The molecule has 1 unspecified atom stereocenters. The number of hydrogen-bond donors (Lipinski definition) is 0. The van der Waals surface area contributed by atoms with Gasteiger partial charge in [0.25, 0.3) is 0 Å². The summed E-state index contributed by atoms with van der Waals surface area (Å²) in [5.74, 6) is 0.467. The zero-order valence-electron chi connectivity index (χ0n) is 22.5. The summed E-state index contributed by atoms with van der Waals surface area (Å²) in [5, 5.41) is 0. The minimum Gasteiger partial charge on any atom is -0.491 e. The van der Waals surface area contributed by atoms with Crippen LogP contribution in [0.15, 0.2) is 36.4 Å². The zero-order chi connectivity index (χ0) is 25.3. The van der Waals surface area contributed by atoms with Crippen LogP contribution in [-0.4, -0.2) is 6.61 Å². The van der Waals surface area contributed by atoms with Crippen molar-refractivity contribution in [2.75, 3.05) is 6.61 Å². The number of aryl methyl sites for hydroxylation is 1. The van der Waals surface area contributed by atoms with E-state index < -0.39 is 0 Å². The lowest BCUT2D eigenvalue weighted by Crippen LogP contribution is -2.00. The van der Waals surface area contributed by atoms with Crippen molar-refractivity contribution < 1.29 is 13.5 Å². The third-order valence-electron chi connectivity index (χ3n) is 7.16. The van der Waals surface area contributed by atoms with Crippen LogP contribution in [0.3, 0.4) is 0 Å². The van der Waals surface area contributed by atoms with Gasteiger partial charge in [-0.15, -0.1) is 0 Å². The van der Waals surface area contributed by atoms with E-state index in [1.807, 2.05) is 18.2 Å². The molecule has 2 aromatic rings. The molecular weight excluding hydrogens is 438 g/mol. The van der Waals surface area contributed by atoms with Crippen LogP contribution in [0.4, 0.5) is 8.78 Å². The highest BCUT2D eigenvalue weighted by molar-refractivity contribution is 5.65. The predicted molar refractivity (Wildman–Crippen MR) is 146 cm³/mol. The SMILES string of the molecule is CCCCCCCCCCCc1ccc(-c2ccc(OCCCCCC(C)CC)c(F)c2)cc1F. The number of halogens is 2. The minimum absolute atomic E-state index is 0.194. The Bertz CT molecular complexity index is 832. The number of unbranched alkanes of at least 4 members (excludes halogenated alkanes) is 10. The maximum Gasteiger partial charge on any atom is 0.165 e. The maximum absolute atomic E-state index is 14.7. The number of ether oxygens (including phenoxy) is 1. The summed E-state index contributed by atoms with van der Waals surface area (Å²) in [7, 11) is 0. The van der Waals surface area contributed by atoms with Crippen molar-refractivity contribution in [2.45, 2.75) is 117 Å². The van der Waals surface area contributed by atoms with Crippen molar-refractivity contribution in [1.82, 2.24) is 0 Å². The standard InChI is InChI=1S/C32H48F2O/c1-4-6-7-8-9-10-11-12-15-18-27-19-20-28(24-30(27)33)29-21-22-32(31(34)25-29)35-23-16-13-14-17-26(3)5-2/h19-22,24-26H,4-18,23H2,1-3H3. The lowest BCUT2D eigenvalue weighted by Gasteiger charge is -2.11. The molecule has 0 amide bonds. The summed E-state index contributed by atoms with van der Waals surface area (Å²) in [6.07, 6.45) is 17.8. The summed E-state index contributed by atoms with van der Waals surface area (Å²) in [6.45, 7) is 7.28. The second kappa shape index (κ2) is 17.5. The van der Waals surface area contributed by atoms with Crippen molar-refractivity contribution in [2.24, 2.45) is 5.92 Å². The fourth-order valence-electron chi connectivity index (χ4n) is 4.51. The molecule has 35 heavy (non-hydrogen) atoms. The van der Waals surface area contributed by atoms with Gasteiger partial charge in [0.15, 0.2) is 11.6 Å². The van der Waals surface area contributed by atoms with E-state index in [1.54, 1.807) is 6.07 Å². The van der Waals surface area contributed by atoms with Gasteiger partial charge in [0.1, 0.15) is 5.82 Å². The highest BCUT2D eigenvalue weighted by Crippen LogP contribution is 2.28. The highest BCUT2D eigenvalue weighted by atomic mass is 19.1. The number of hydrogen-bond acceptors (Lipinski definition) is 1. The van der Waals surface area contributed by atoms with Gasteiger partial charge in [0, 0.05) is 0 Å². The van der Waals surface area contributed by atoms with Crippen LogP contribution in [0.2, 0.25) is 0 Å². The topological polar surface area (TPSA) is 9.23 Å². The second-order valence-corrected chi connectivity index (χ2v) is 10.2. The molecule has 0 spiro atoms. The Morgan fingerprint density at radius 1 is 0.686 bits per heavy atom. The molecule has 2 aromatic carbocycles. The van der Waals surface area contributed by atoms with Gasteiger partial charge in [-0.25, -0.2) is 8.78 Å². The molecule has 0 radical (unpaired) electrons. The molecule has 1 atom stereocenters. The first kappa shape index (κ1) is 29.3. The van der Waals surface area contributed by atoms with E-state index >= 15 is 0 Å². The van der Waals surface area contributed by atoms with E-state index in [4.69, 9.17) is 4.74 Å². The first-order valence-corrected chi connectivity index (χ1v) is 14.3. The number of benzene rings is 2. The van der Waals surface area contributed by atoms with E-state index in [-0.39, 0.29) is 17.4 Å². The molecule has 0 aliphatic rings. The number of rotatable bonds is 19. The van der Waals surface area contributed by atoms with Gasteiger partial charge in [-0.3, -0.25) is 0 Å². The molecule has 0 aliphatic carbocycles. The first-order valence-electron chi connectivity index (χ1n) is 14.3. The van der Waals surface area contributed by atoms with Crippen molar-refractivity contribution >= 4 is 0 Å². The Balaban J connectivity index is 1.74. The van der Waals surface area contributed by atoms with E-state index in [1.165, 1.54) is 76.3 Å². The molecule has 0 saturated heterocycles. The Labute approximate surface area is 213 Å². The molecule has 1 nitrogen and oxygen atoms in total. The molecule has 0 heterocycles. The van der Waals surface area contributed by atoms with Crippen molar-refractivity contribution in [3.8, 4) is 16.9 Å². The average molecular weight is 487 g/mol. The van der Waals surface area contributed by atoms with Crippen LogP contribution in [-0.2, 0) is 6.42 Å². The monoisotopic (exact) mass is 486 g/mol. The largest absolute Gasteiger partial charge is 0.491 e. The van der Waals surface area contributed by atoms with Gasteiger partial charge in [0.05, 0.1) is 6.61 Å². The molecule has 0 aromatic heterocycles. The van der Waals surface area contributed by atoms with Crippen LogP contribution in [0, 0.1) is 17.6 Å². The Hall–Kier alpha value is -1.90. The van der Waals surface area contributed by atoms with Crippen molar-refractivity contribution in [3.05, 3.63) is 53.6 Å². The summed E-state index contributed by atoms with van der Waals surface area (Å²) in [6, 6.07) is 10.2. The molecular formula is C32H48F2O. The highest BCUT2D eigenvalue weighted by Gasteiger charge is 2.09. The van der Waals surface area contributed by atoms with Gasteiger partial charge in [-0.2, -0.15) is 0 Å². The van der Waals surface area contributed by atoms with Crippen molar-refractivity contribution in [1.29, 1.82) is 0 Å². The van der Waals surface area contributed by atoms with Crippen LogP contribution in [0.1, 0.15) is 116 Å².